The summed E-state index contributed by atoms with van der Waals surface area (Å²) in [5, 5.41) is 2.89. The number of rotatable bonds is 5. The Hall–Kier alpha value is -2.30. The predicted molar refractivity (Wildman–Crippen MR) is 87.1 cm³/mol. The van der Waals surface area contributed by atoms with Crippen LogP contribution in [-0.2, 0) is 12.1 Å². The van der Waals surface area contributed by atoms with Crippen LogP contribution in [-0.4, -0.2) is 21.6 Å². The van der Waals surface area contributed by atoms with Crippen molar-refractivity contribution in [2.75, 3.05) is 6.54 Å². The maximum atomic E-state index is 12.1. The van der Waals surface area contributed by atoms with Gasteiger partial charge in [-0.3, -0.25) is 9.59 Å². The summed E-state index contributed by atoms with van der Waals surface area (Å²) < 4.78 is 3.66. The van der Waals surface area contributed by atoms with Crippen molar-refractivity contribution in [3.05, 3.63) is 58.8 Å². The van der Waals surface area contributed by atoms with Crippen LogP contribution >= 0.6 is 0 Å². The van der Waals surface area contributed by atoms with Gasteiger partial charge in [-0.05, 0) is 39.3 Å². The lowest BCUT2D eigenvalue weighted by Crippen LogP contribution is -2.27. The van der Waals surface area contributed by atoms with E-state index in [2.05, 4.69) is 26.1 Å². The van der Waals surface area contributed by atoms with Gasteiger partial charge in [0.15, 0.2) is 0 Å². The summed E-state index contributed by atoms with van der Waals surface area (Å²) in [6, 6.07) is 6.91. The molecule has 0 unspecified atom stereocenters. The van der Waals surface area contributed by atoms with Crippen LogP contribution in [0.1, 0.15) is 37.6 Å². The van der Waals surface area contributed by atoms with Gasteiger partial charge in [-0.1, -0.05) is 6.07 Å². The molecule has 5 nitrogen and oxygen atoms in total. The number of carbonyl (C=O) groups is 1. The first kappa shape index (κ1) is 16.1. The number of aromatic nitrogens is 2. The molecule has 0 radical (unpaired) electrons. The second-order valence-electron chi connectivity index (χ2n) is 6.32. The van der Waals surface area contributed by atoms with Crippen molar-refractivity contribution in [1.29, 1.82) is 0 Å². The van der Waals surface area contributed by atoms with Crippen LogP contribution in [0.4, 0.5) is 0 Å². The Kier molecular flexibility index (Phi) is 4.85. The third-order valence-electron chi connectivity index (χ3n) is 3.49. The van der Waals surface area contributed by atoms with E-state index in [-0.39, 0.29) is 17.0 Å². The summed E-state index contributed by atoms with van der Waals surface area (Å²) in [6.07, 6.45) is 6.25. The Labute approximate surface area is 130 Å². The van der Waals surface area contributed by atoms with Gasteiger partial charge in [-0.2, -0.15) is 0 Å². The highest BCUT2D eigenvalue weighted by atomic mass is 16.1. The summed E-state index contributed by atoms with van der Waals surface area (Å²) in [6.45, 7) is 7.41. The van der Waals surface area contributed by atoms with Crippen molar-refractivity contribution in [3.63, 3.8) is 0 Å². The Morgan fingerprint density at radius 3 is 2.59 bits per heavy atom. The highest BCUT2D eigenvalue weighted by Gasteiger charge is 2.14. The van der Waals surface area contributed by atoms with Crippen LogP contribution in [0.15, 0.2) is 47.7 Å². The third kappa shape index (κ3) is 4.10. The molecule has 1 amide bonds. The van der Waals surface area contributed by atoms with Gasteiger partial charge in [0.25, 0.3) is 5.91 Å². The molecule has 0 aromatic carbocycles. The normalized spacial score (nSPS) is 11.4. The Morgan fingerprint density at radius 1 is 1.18 bits per heavy atom. The van der Waals surface area contributed by atoms with E-state index in [0.717, 1.165) is 6.42 Å². The smallest absolute Gasteiger partial charge is 0.252 e. The van der Waals surface area contributed by atoms with Gasteiger partial charge in [-0.15, -0.1) is 0 Å². The van der Waals surface area contributed by atoms with Crippen LogP contribution in [0.3, 0.4) is 0 Å². The molecule has 0 aliphatic carbocycles. The minimum atomic E-state index is -0.0802. The molecule has 0 saturated carbocycles. The molecule has 2 aromatic rings. The summed E-state index contributed by atoms with van der Waals surface area (Å²) >= 11 is 0. The number of carbonyl (C=O) groups excluding carboxylic acids is 1. The van der Waals surface area contributed by atoms with Crippen molar-refractivity contribution < 1.29 is 4.79 Å². The van der Waals surface area contributed by atoms with Crippen molar-refractivity contribution in [1.82, 2.24) is 14.5 Å². The maximum absolute atomic E-state index is 12.1. The standard InChI is InChI=1S/C17H23N3O2/c1-17(2,3)20-12-8-14(13-20)16(22)18-9-6-11-19-10-5-4-7-15(19)21/h4-5,7-8,10,12-13H,6,9,11H2,1-3H3,(H,18,22). The van der Waals surface area contributed by atoms with E-state index in [4.69, 9.17) is 0 Å². The average molecular weight is 301 g/mol. The minimum absolute atomic E-state index is 0.0175. The highest BCUT2D eigenvalue weighted by molar-refractivity contribution is 5.94. The van der Waals surface area contributed by atoms with Gasteiger partial charge in [0.2, 0.25) is 5.56 Å². The summed E-state index contributed by atoms with van der Waals surface area (Å²) in [4.78, 5) is 23.6. The number of nitrogens with one attached hydrogen (secondary N) is 1. The van der Waals surface area contributed by atoms with Crippen LogP contribution in [0.25, 0.3) is 0 Å². The number of pyridine rings is 1. The van der Waals surface area contributed by atoms with Crippen LogP contribution < -0.4 is 10.9 Å². The summed E-state index contributed by atoms with van der Waals surface area (Å²) in [7, 11) is 0. The van der Waals surface area contributed by atoms with Gasteiger partial charge in [-0.25, -0.2) is 0 Å². The fraction of sp³-hybridized carbons (Fsp3) is 0.412. The molecular weight excluding hydrogens is 278 g/mol. The average Bonchev–Trinajstić information content (AvgIpc) is 2.95. The van der Waals surface area contributed by atoms with Crippen LogP contribution in [0.2, 0.25) is 0 Å². The fourth-order valence-corrected chi connectivity index (χ4v) is 2.15. The Balaban J connectivity index is 1.82. The van der Waals surface area contributed by atoms with E-state index in [1.165, 1.54) is 6.07 Å². The van der Waals surface area contributed by atoms with Crippen molar-refractivity contribution >= 4 is 5.91 Å². The molecule has 5 heteroatoms. The third-order valence-corrected chi connectivity index (χ3v) is 3.49. The Morgan fingerprint density at radius 2 is 1.95 bits per heavy atom. The lowest BCUT2D eigenvalue weighted by Gasteiger charge is -2.20. The molecule has 0 atom stereocenters. The molecule has 118 valence electrons. The summed E-state index contributed by atoms with van der Waals surface area (Å²) in [5.41, 5.74) is 0.607. The van der Waals surface area contributed by atoms with E-state index >= 15 is 0 Å². The molecule has 2 aromatic heterocycles. The number of amides is 1. The van der Waals surface area contributed by atoms with Gasteiger partial charge in [0.1, 0.15) is 0 Å². The zero-order valence-electron chi connectivity index (χ0n) is 13.4. The van der Waals surface area contributed by atoms with E-state index < -0.39 is 0 Å². The van der Waals surface area contributed by atoms with Crippen LogP contribution in [0.5, 0.6) is 0 Å². The minimum Gasteiger partial charge on any atom is -0.352 e. The van der Waals surface area contributed by atoms with E-state index in [9.17, 15) is 9.59 Å². The number of aryl methyl sites for hydroxylation is 1. The van der Waals surface area contributed by atoms with E-state index in [1.807, 2.05) is 29.1 Å². The van der Waals surface area contributed by atoms with Gasteiger partial charge < -0.3 is 14.5 Å². The number of hydrogen-bond acceptors (Lipinski definition) is 2. The largest absolute Gasteiger partial charge is 0.352 e. The van der Waals surface area contributed by atoms with Gasteiger partial charge in [0.05, 0.1) is 5.56 Å². The highest BCUT2D eigenvalue weighted by Crippen LogP contribution is 2.15. The second-order valence-corrected chi connectivity index (χ2v) is 6.32. The van der Waals surface area contributed by atoms with Gasteiger partial charge in [0, 0.05) is 43.3 Å². The molecule has 22 heavy (non-hydrogen) atoms. The predicted octanol–water partition coefficient (Wildman–Crippen LogP) is 2.22. The zero-order valence-corrected chi connectivity index (χ0v) is 13.4. The maximum Gasteiger partial charge on any atom is 0.252 e. The molecule has 0 saturated heterocycles. The molecule has 0 aliphatic heterocycles. The molecule has 0 spiro atoms. The fourth-order valence-electron chi connectivity index (χ4n) is 2.15. The second kappa shape index (κ2) is 6.64. The molecular formula is C17H23N3O2. The topological polar surface area (TPSA) is 56.0 Å². The molecule has 0 fully saturated rings. The zero-order chi connectivity index (χ0) is 16.2. The molecule has 1 N–H and O–H groups in total. The van der Waals surface area contributed by atoms with Crippen LogP contribution in [0, 0.1) is 0 Å². The Bertz CT molecular complexity index is 692. The van der Waals surface area contributed by atoms with E-state index in [0.29, 0.717) is 18.7 Å². The number of nitrogens with zero attached hydrogens (tertiary/aromatic N) is 2. The molecule has 2 rings (SSSR count). The molecule has 0 bridgehead atoms. The van der Waals surface area contributed by atoms with Gasteiger partial charge >= 0.3 is 0 Å². The first-order valence-electron chi connectivity index (χ1n) is 7.50. The lowest BCUT2D eigenvalue weighted by molar-refractivity contribution is 0.0952. The monoisotopic (exact) mass is 301 g/mol. The van der Waals surface area contributed by atoms with E-state index in [1.54, 1.807) is 16.8 Å². The number of hydrogen-bond donors (Lipinski definition) is 1. The molecule has 2 heterocycles. The van der Waals surface area contributed by atoms with Crippen molar-refractivity contribution in [2.24, 2.45) is 0 Å². The van der Waals surface area contributed by atoms with Crippen molar-refractivity contribution in [3.8, 4) is 0 Å². The molecule has 0 aliphatic rings. The SMILES string of the molecule is CC(C)(C)n1ccc(C(=O)NCCCn2ccccc2=O)c1. The first-order valence-corrected chi connectivity index (χ1v) is 7.50. The van der Waals surface area contributed by atoms with Crippen molar-refractivity contribution in [2.45, 2.75) is 39.3 Å². The first-order chi connectivity index (χ1) is 10.4. The lowest BCUT2D eigenvalue weighted by atomic mass is 10.1. The quantitative estimate of drug-likeness (QED) is 0.861. The summed E-state index contributed by atoms with van der Waals surface area (Å²) in [5.74, 6) is -0.0802.